The number of hydrogen-bond acceptors (Lipinski definition) is 11. The van der Waals surface area contributed by atoms with E-state index in [0.29, 0.717) is 67.4 Å². The number of amides is 3. The van der Waals surface area contributed by atoms with Crippen molar-refractivity contribution in [1.29, 1.82) is 0 Å². The number of pyridine rings is 1. The van der Waals surface area contributed by atoms with Crippen molar-refractivity contribution in [3.63, 3.8) is 0 Å². The Morgan fingerprint density at radius 2 is 1.59 bits per heavy atom. The number of nitrogens with zero attached hydrogens (tertiary/aromatic N) is 6. The number of likely N-dealkylation sites (tertiary alicyclic amines) is 1. The normalized spacial score (nSPS) is 19.3. The molecule has 4 aromatic rings. The Morgan fingerprint density at radius 1 is 0.814 bits per heavy atom. The highest BCUT2D eigenvalue weighted by Gasteiger charge is 2.29. The second-order valence-corrected chi connectivity index (χ2v) is 15.2. The minimum Gasteiger partial charge on any atom is -0.374 e. The van der Waals surface area contributed by atoms with Gasteiger partial charge >= 0.3 is 6.09 Å². The quantitative estimate of drug-likeness (QED) is 0.184. The molecule has 17 heteroatoms. The molecule has 8 rings (SSSR count). The summed E-state index contributed by atoms with van der Waals surface area (Å²) in [6.45, 7) is 4.30. The van der Waals surface area contributed by atoms with Gasteiger partial charge in [-0.15, -0.1) is 0 Å². The number of benzene rings is 2. The Labute approximate surface area is 339 Å². The van der Waals surface area contributed by atoms with Crippen LogP contribution in [0.1, 0.15) is 57.8 Å². The van der Waals surface area contributed by atoms with Gasteiger partial charge in [0, 0.05) is 91.5 Å². The van der Waals surface area contributed by atoms with Crippen LogP contribution in [0.3, 0.4) is 0 Å². The Balaban J connectivity index is 0.000000180. The van der Waals surface area contributed by atoms with Gasteiger partial charge in [-0.1, -0.05) is 37.5 Å². The molecular formula is C42H48F3N9O5. The molecule has 1 atom stereocenters. The lowest BCUT2D eigenvalue weighted by molar-refractivity contribution is -0.133. The SMILES string of the molecule is O=C(OF)N1CCC(Nc2ncc(F)c(-c3cccc(-n4ccccc4=O)c3)n2)CC1.O=C1CCC(Nc2ccc(N3CCN(C4CCCCC4)CC3)c(F)c2)C(=O)N1. The van der Waals surface area contributed by atoms with Crippen LogP contribution in [-0.4, -0.2) is 99.6 Å². The van der Waals surface area contributed by atoms with E-state index in [4.69, 9.17) is 0 Å². The highest BCUT2D eigenvalue weighted by molar-refractivity contribution is 6.01. The third-order valence-electron chi connectivity index (χ3n) is 11.4. The largest absolute Gasteiger partial charge is 0.447 e. The zero-order chi connectivity index (χ0) is 41.3. The van der Waals surface area contributed by atoms with Crippen molar-refractivity contribution in [2.75, 3.05) is 54.8 Å². The number of piperidine rings is 2. The van der Waals surface area contributed by atoms with E-state index in [9.17, 15) is 32.5 Å². The van der Waals surface area contributed by atoms with Crippen LogP contribution < -0.4 is 26.4 Å². The van der Waals surface area contributed by atoms with Gasteiger partial charge in [0.05, 0.1) is 11.9 Å². The molecular weight excluding hydrogens is 768 g/mol. The fourth-order valence-corrected chi connectivity index (χ4v) is 8.18. The van der Waals surface area contributed by atoms with Gasteiger partial charge in [0.25, 0.3) is 5.56 Å². The number of carbonyl (C=O) groups excluding carboxylic acids is 3. The first-order valence-corrected chi connectivity index (χ1v) is 20.2. The van der Waals surface area contributed by atoms with Gasteiger partial charge < -0.3 is 20.4 Å². The molecule has 1 unspecified atom stereocenters. The van der Waals surface area contributed by atoms with Gasteiger partial charge in [-0.25, -0.2) is 28.5 Å². The summed E-state index contributed by atoms with van der Waals surface area (Å²) in [5.74, 6) is -1.23. The fourth-order valence-electron chi connectivity index (χ4n) is 8.18. The molecule has 14 nitrogen and oxygen atoms in total. The van der Waals surface area contributed by atoms with Crippen LogP contribution in [0.25, 0.3) is 16.9 Å². The molecule has 4 aliphatic rings. The molecule has 3 aliphatic heterocycles. The number of rotatable bonds is 8. The molecule has 3 saturated heterocycles. The smallest absolute Gasteiger partial charge is 0.374 e. The number of imide groups is 1. The molecule has 0 bridgehead atoms. The molecule has 1 aliphatic carbocycles. The van der Waals surface area contributed by atoms with E-state index in [1.807, 2.05) is 6.07 Å². The predicted octanol–water partition coefficient (Wildman–Crippen LogP) is 5.83. The van der Waals surface area contributed by atoms with Crippen molar-refractivity contribution < 1.29 is 32.6 Å². The third kappa shape index (κ3) is 10.4. The van der Waals surface area contributed by atoms with E-state index in [2.05, 4.69) is 40.7 Å². The summed E-state index contributed by atoms with van der Waals surface area (Å²) in [4.78, 5) is 64.0. The second-order valence-electron chi connectivity index (χ2n) is 15.2. The van der Waals surface area contributed by atoms with Crippen molar-refractivity contribution in [2.24, 2.45) is 0 Å². The number of anilines is 3. The Morgan fingerprint density at radius 3 is 2.31 bits per heavy atom. The molecule has 2 aromatic carbocycles. The number of piperazine rings is 1. The molecule has 2 aromatic heterocycles. The molecule has 3 amide bonds. The molecule has 59 heavy (non-hydrogen) atoms. The summed E-state index contributed by atoms with van der Waals surface area (Å²) in [6.07, 6.45) is 10.2. The zero-order valence-electron chi connectivity index (χ0n) is 32.6. The van der Waals surface area contributed by atoms with E-state index < -0.39 is 18.0 Å². The molecule has 0 spiro atoms. The van der Waals surface area contributed by atoms with E-state index in [1.54, 1.807) is 48.7 Å². The average Bonchev–Trinajstić information content (AvgIpc) is 3.26. The Hall–Kier alpha value is -5.97. The molecule has 3 N–H and O–H groups in total. The average molecular weight is 816 g/mol. The van der Waals surface area contributed by atoms with E-state index in [-0.39, 0.29) is 40.9 Å². The van der Waals surface area contributed by atoms with Crippen LogP contribution >= 0.6 is 0 Å². The second kappa shape index (κ2) is 19.2. The van der Waals surface area contributed by atoms with Crippen LogP contribution in [-0.2, 0) is 14.5 Å². The van der Waals surface area contributed by atoms with E-state index in [1.165, 1.54) is 53.7 Å². The minimum absolute atomic E-state index is 0.0591. The number of hydrogen-bond donors (Lipinski definition) is 3. The van der Waals surface area contributed by atoms with Crippen molar-refractivity contribution >= 4 is 35.2 Å². The maximum absolute atomic E-state index is 14.7. The Bertz CT molecular complexity index is 2170. The van der Waals surface area contributed by atoms with Gasteiger partial charge in [0.2, 0.25) is 17.8 Å². The van der Waals surface area contributed by atoms with Gasteiger partial charge in [0.15, 0.2) is 5.82 Å². The molecule has 312 valence electrons. The fraction of sp³-hybridized carbons (Fsp3) is 0.429. The maximum atomic E-state index is 14.7. The number of halogens is 3. The van der Waals surface area contributed by atoms with E-state index in [0.717, 1.165) is 32.4 Å². The molecule has 5 heterocycles. The highest BCUT2D eigenvalue weighted by Crippen LogP contribution is 2.29. The van der Waals surface area contributed by atoms with Crippen molar-refractivity contribution in [3.8, 4) is 16.9 Å². The monoisotopic (exact) mass is 815 g/mol. The van der Waals surface area contributed by atoms with Crippen molar-refractivity contribution in [1.82, 2.24) is 29.7 Å². The summed E-state index contributed by atoms with van der Waals surface area (Å²) < 4.78 is 42.8. The third-order valence-corrected chi connectivity index (χ3v) is 11.4. The molecule has 4 fully saturated rings. The standard InChI is InChI=1S/C21H19F2N5O3.C21H29FN4O2/c22-17-13-24-20(25-15-7-10-27(11-8-15)21(30)31-23)26-19(17)14-4-3-5-16(12-14)28-9-2-1-6-18(28)29;22-17-14-15(23-18-7-9-20(27)24-21(18)28)6-8-19(17)26-12-10-25(11-13-26)16-4-2-1-3-5-16/h1-6,9,12-13,15H,7-8,10-11H2,(H,24,25,26);6,8,14,16,18,23H,1-5,7,9-13H2,(H,24,27,28). The summed E-state index contributed by atoms with van der Waals surface area (Å²) in [7, 11) is 0. The predicted molar refractivity (Wildman–Crippen MR) is 216 cm³/mol. The summed E-state index contributed by atoms with van der Waals surface area (Å²) in [5.41, 5.74) is 2.17. The van der Waals surface area contributed by atoms with Crippen LogP contribution in [0, 0.1) is 11.6 Å². The first kappa shape index (κ1) is 41.2. The topological polar surface area (TPSA) is 154 Å². The number of aromatic nitrogens is 3. The first-order chi connectivity index (χ1) is 28.6. The summed E-state index contributed by atoms with van der Waals surface area (Å²) in [6, 6.07) is 16.9. The highest BCUT2D eigenvalue weighted by atomic mass is 19.3. The summed E-state index contributed by atoms with van der Waals surface area (Å²) >= 11 is 0. The lowest BCUT2D eigenvalue weighted by atomic mass is 9.94. The van der Waals surface area contributed by atoms with Crippen LogP contribution in [0.4, 0.5) is 35.4 Å². The molecule has 1 saturated carbocycles. The van der Waals surface area contributed by atoms with Gasteiger partial charge in [-0.2, -0.15) is 0 Å². The van der Waals surface area contributed by atoms with Crippen molar-refractivity contribution in [2.45, 2.75) is 75.9 Å². The number of carbonyl (C=O) groups is 3. The lowest BCUT2D eigenvalue weighted by Crippen LogP contribution is -2.51. The van der Waals surface area contributed by atoms with Gasteiger partial charge in [0.1, 0.15) is 17.6 Å². The number of nitrogens with one attached hydrogen (secondary N) is 3. The molecule has 0 radical (unpaired) electrons. The summed E-state index contributed by atoms with van der Waals surface area (Å²) in [5, 5.41) is 8.49. The van der Waals surface area contributed by atoms with Gasteiger partial charge in [-0.3, -0.25) is 29.2 Å². The van der Waals surface area contributed by atoms with E-state index >= 15 is 0 Å². The van der Waals surface area contributed by atoms with Crippen LogP contribution in [0.5, 0.6) is 0 Å². The first-order valence-electron chi connectivity index (χ1n) is 20.2. The minimum atomic E-state index is -1.00. The van der Waals surface area contributed by atoms with Crippen molar-refractivity contribution in [3.05, 3.63) is 95.0 Å². The zero-order valence-corrected chi connectivity index (χ0v) is 32.6. The van der Waals surface area contributed by atoms with Crippen LogP contribution in [0.15, 0.2) is 77.9 Å². The maximum Gasteiger partial charge on any atom is 0.447 e. The lowest BCUT2D eigenvalue weighted by Gasteiger charge is -2.41. The van der Waals surface area contributed by atoms with Gasteiger partial charge in [-0.05, 0) is 68.5 Å². The Kier molecular flexibility index (Phi) is 13.4. The van der Waals surface area contributed by atoms with Crippen LogP contribution in [0.2, 0.25) is 0 Å².